The van der Waals surface area contributed by atoms with Gasteiger partial charge in [0.1, 0.15) is 5.82 Å². The van der Waals surface area contributed by atoms with Crippen molar-refractivity contribution in [3.63, 3.8) is 0 Å². The van der Waals surface area contributed by atoms with Gasteiger partial charge in [0, 0.05) is 45.3 Å². The Morgan fingerprint density at radius 1 is 1.39 bits per heavy atom. The molecule has 0 bridgehead atoms. The fourth-order valence-electron chi connectivity index (χ4n) is 1.63. The maximum atomic E-state index is 8.72. The van der Waals surface area contributed by atoms with Crippen molar-refractivity contribution in [2.75, 3.05) is 6.61 Å². The summed E-state index contributed by atoms with van der Waals surface area (Å²) in [7, 11) is 1.97. The molecule has 2 aromatic heterocycles. The highest BCUT2D eigenvalue weighted by Gasteiger charge is 2.02. The van der Waals surface area contributed by atoms with E-state index in [4.69, 9.17) is 5.11 Å². The van der Waals surface area contributed by atoms with E-state index >= 15 is 0 Å². The molecule has 0 aliphatic heterocycles. The highest BCUT2D eigenvalue weighted by atomic mass is 16.3. The lowest BCUT2D eigenvalue weighted by molar-refractivity contribution is 0.276. The van der Waals surface area contributed by atoms with Gasteiger partial charge in [-0.15, -0.1) is 5.10 Å². The molecule has 0 amide bonds. The summed E-state index contributed by atoms with van der Waals surface area (Å²) in [5.74, 6) is 0.989. The average Bonchev–Trinajstić information content (AvgIpc) is 2.97. The third kappa shape index (κ3) is 3.38. The molecule has 0 unspecified atom stereocenters. The smallest absolute Gasteiger partial charge is 0.122 e. The molecule has 2 N–H and O–H groups in total. The summed E-state index contributed by atoms with van der Waals surface area (Å²) in [6, 6.07) is 0. The zero-order valence-corrected chi connectivity index (χ0v) is 10.5. The molecule has 0 radical (unpaired) electrons. The van der Waals surface area contributed by atoms with Gasteiger partial charge in [-0.2, -0.15) is 0 Å². The Hall–Kier alpha value is -1.73. The van der Waals surface area contributed by atoms with E-state index in [2.05, 4.69) is 20.6 Å². The van der Waals surface area contributed by atoms with Crippen molar-refractivity contribution in [3.05, 3.63) is 30.1 Å². The molecule has 7 heteroatoms. The van der Waals surface area contributed by atoms with Crippen LogP contribution in [0.2, 0.25) is 0 Å². The van der Waals surface area contributed by atoms with Crippen LogP contribution >= 0.6 is 0 Å². The lowest BCUT2D eigenvalue weighted by Crippen LogP contribution is -2.15. The van der Waals surface area contributed by atoms with Gasteiger partial charge in [0.2, 0.25) is 0 Å². The van der Waals surface area contributed by atoms with Crippen molar-refractivity contribution in [1.29, 1.82) is 0 Å². The van der Waals surface area contributed by atoms with E-state index in [1.165, 1.54) is 0 Å². The Kier molecular flexibility index (Phi) is 4.43. The van der Waals surface area contributed by atoms with Gasteiger partial charge in [0.15, 0.2) is 0 Å². The van der Waals surface area contributed by atoms with Gasteiger partial charge in [0.05, 0.1) is 12.2 Å². The van der Waals surface area contributed by atoms with E-state index < -0.39 is 0 Å². The third-order valence-corrected chi connectivity index (χ3v) is 2.64. The predicted molar refractivity (Wildman–Crippen MR) is 65.5 cm³/mol. The fourth-order valence-corrected chi connectivity index (χ4v) is 1.63. The third-order valence-electron chi connectivity index (χ3n) is 2.64. The number of nitrogens with one attached hydrogen (secondary N) is 1. The average molecular weight is 250 g/mol. The Labute approximate surface area is 105 Å². The molecule has 2 heterocycles. The highest BCUT2D eigenvalue weighted by molar-refractivity contribution is 4.94. The van der Waals surface area contributed by atoms with Crippen LogP contribution in [-0.2, 0) is 26.7 Å². The maximum Gasteiger partial charge on any atom is 0.122 e. The van der Waals surface area contributed by atoms with Crippen LogP contribution in [0.1, 0.15) is 17.9 Å². The molecule has 0 aromatic carbocycles. The normalized spacial score (nSPS) is 11.0. The fraction of sp³-hybridized carbons (Fsp3) is 0.545. The van der Waals surface area contributed by atoms with E-state index in [0.717, 1.165) is 11.5 Å². The lowest BCUT2D eigenvalue weighted by atomic mass is 10.4. The molecule has 0 aliphatic rings. The molecule has 7 nitrogen and oxygen atoms in total. The van der Waals surface area contributed by atoms with E-state index in [9.17, 15) is 0 Å². The summed E-state index contributed by atoms with van der Waals surface area (Å²) in [6.07, 6.45) is 6.29. The Morgan fingerprint density at radius 3 is 3.00 bits per heavy atom. The maximum absolute atomic E-state index is 8.72. The molecule has 18 heavy (non-hydrogen) atoms. The number of hydrogen-bond acceptors (Lipinski definition) is 5. The minimum absolute atomic E-state index is 0.173. The zero-order valence-electron chi connectivity index (χ0n) is 10.5. The second-order valence-corrected chi connectivity index (χ2v) is 4.11. The monoisotopic (exact) mass is 250 g/mol. The Morgan fingerprint density at radius 2 is 2.28 bits per heavy atom. The topological polar surface area (TPSA) is 80.8 Å². The first-order chi connectivity index (χ1) is 8.79. The number of aliphatic hydroxyl groups excluding tert-OH is 1. The SMILES string of the molecule is Cn1ccnc1CNCc1cn(CCCO)nn1. The molecular formula is C11H18N6O. The van der Waals surface area contributed by atoms with Gasteiger partial charge in [-0.3, -0.25) is 4.68 Å². The largest absolute Gasteiger partial charge is 0.396 e. The summed E-state index contributed by atoms with van der Waals surface area (Å²) < 4.78 is 3.72. The number of aliphatic hydroxyl groups is 1. The number of hydrogen-bond donors (Lipinski definition) is 2. The predicted octanol–water partition coefficient (Wildman–Crippen LogP) is -0.316. The molecule has 2 rings (SSSR count). The summed E-state index contributed by atoms with van der Waals surface area (Å²) >= 11 is 0. The molecule has 0 fully saturated rings. The molecule has 0 spiro atoms. The zero-order chi connectivity index (χ0) is 12.8. The van der Waals surface area contributed by atoms with Crippen LogP contribution in [0.25, 0.3) is 0 Å². The van der Waals surface area contributed by atoms with Gasteiger partial charge in [0.25, 0.3) is 0 Å². The molecule has 0 atom stereocenters. The van der Waals surface area contributed by atoms with Crippen molar-refractivity contribution in [1.82, 2.24) is 29.9 Å². The first-order valence-electron chi connectivity index (χ1n) is 5.96. The van der Waals surface area contributed by atoms with Crippen molar-refractivity contribution < 1.29 is 5.11 Å². The van der Waals surface area contributed by atoms with E-state index in [-0.39, 0.29) is 6.61 Å². The molecule has 2 aromatic rings. The van der Waals surface area contributed by atoms with Gasteiger partial charge in [-0.1, -0.05) is 5.21 Å². The lowest BCUT2D eigenvalue weighted by Gasteiger charge is -2.02. The van der Waals surface area contributed by atoms with Crippen LogP contribution in [0.15, 0.2) is 18.6 Å². The number of aryl methyl sites for hydroxylation is 2. The molecule has 0 saturated carbocycles. The standard InChI is InChI=1S/C11H18N6O/c1-16-5-3-13-11(16)8-12-7-10-9-17(15-14-10)4-2-6-18/h3,5,9,12,18H,2,4,6-8H2,1H3. The second kappa shape index (κ2) is 6.27. The number of aromatic nitrogens is 5. The van der Waals surface area contributed by atoms with E-state index in [1.54, 1.807) is 10.9 Å². The first-order valence-corrected chi connectivity index (χ1v) is 5.96. The van der Waals surface area contributed by atoms with Gasteiger partial charge in [-0.05, 0) is 6.42 Å². The molecular weight excluding hydrogens is 232 g/mol. The van der Waals surface area contributed by atoms with Crippen molar-refractivity contribution in [3.8, 4) is 0 Å². The van der Waals surface area contributed by atoms with E-state index in [1.807, 2.05) is 24.0 Å². The number of nitrogens with zero attached hydrogens (tertiary/aromatic N) is 5. The number of rotatable bonds is 7. The van der Waals surface area contributed by atoms with Crippen LogP contribution in [0.5, 0.6) is 0 Å². The quantitative estimate of drug-likeness (QED) is 0.704. The minimum Gasteiger partial charge on any atom is -0.396 e. The van der Waals surface area contributed by atoms with Crippen molar-refractivity contribution in [2.24, 2.45) is 7.05 Å². The summed E-state index contributed by atoms with van der Waals surface area (Å²) in [6.45, 7) is 2.23. The van der Waals surface area contributed by atoms with Crippen LogP contribution in [0, 0.1) is 0 Å². The van der Waals surface area contributed by atoms with Crippen molar-refractivity contribution >= 4 is 0 Å². The second-order valence-electron chi connectivity index (χ2n) is 4.11. The first kappa shape index (κ1) is 12.7. The van der Waals surface area contributed by atoms with Gasteiger partial charge >= 0.3 is 0 Å². The Balaban J connectivity index is 1.76. The molecule has 0 aliphatic carbocycles. The van der Waals surface area contributed by atoms with Crippen LogP contribution < -0.4 is 5.32 Å². The summed E-state index contributed by atoms with van der Waals surface area (Å²) in [5.41, 5.74) is 0.891. The Bertz CT molecular complexity index is 477. The van der Waals surface area contributed by atoms with Crippen LogP contribution in [0.4, 0.5) is 0 Å². The van der Waals surface area contributed by atoms with E-state index in [0.29, 0.717) is 26.1 Å². The summed E-state index contributed by atoms with van der Waals surface area (Å²) in [4.78, 5) is 4.22. The minimum atomic E-state index is 0.173. The van der Waals surface area contributed by atoms with Crippen LogP contribution in [-0.4, -0.2) is 36.3 Å². The highest BCUT2D eigenvalue weighted by Crippen LogP contribution is 1.97. The number of imidazole rings is 1. The van der Waals surface area contributed by atoms with Gasteiger partial charge < -0.3 is 15.0 Å². The molecule has 0 saturated heterocycles. The van der Waals surface area contributed by atoms with Crippen LogP contribution in [0.3, 0.4) is 0 Å². The van der Waals surface area contributed by atoms with Gasteiger partial charge in [-0.25, -0.2) is 4.98 Å². The van der Waals surface area contributed by atoms with Crippen molar-refractivity contribution in [2.45, 2.75) is 26.1 Å². The summed E-state index contributed by atoms with van der Waals surface area (Å²) in [5, 5.41) is 20.0. The molecule has 98 valence electrons.